The van der Waals surface area contributed by atoms with Crippen molar-refractivity contribution >= 4 is 11.8 Å². The second-order valence-corrected chi connectivity index (χ2v) is 7.24. The Kier molecular flexibility index (Phi) is 8.23. The molecule has 160 valence electrons. The van der Waals surface area contributed by atoms with Gasteiger partial charge in [-0.15, -0.1) is 0 Å². The number of rotatable bonds is 9. The van der Waals surface area contributed by atoms with Gasteiger partial charge in [0.2, 0.25) is 5.91 Å². The molecule has 0 bridgehead atoms. The number of amides is 2. The second-order valence-electron chi connectivity index (χ2n) is 7.24. The summed E-state index contributed by atoms with van der Waals surface area (Å²) in [5.41, 5.74) is 1.55. The van der Waals surface area contributed by atoms with E-state index in [4.69, 9.17) is 9.47 Å². The summed E-state index contributed by atoms with van der Waals surface area (Å²) in [6.45, 7) is 6.51. The van der Waals surface area contributed by atoms with Gasteiger partial charge >= 0.3 is 0 Å². The quantitative estimate of drug-likeness (QED) is 0.563. The third kappa shape index (κ3) is 6.57. The number of benzene rings is 2. The highest BCUT2D eigenvalue weighted by Gasteiger charge is 2.23. The van der Waals surface area contributed by atoms with Crippen LogP contribution in [0.5, 0.6) is 5.75 Å². The standard InChI is InChI=1S/C23H29N3O4/c1-2-30-20-10-8-19(9-11-20)23(28)24-16-22(27)25-21(18-6-4-3-5-7-18)17-26-12-14-29-15-13-26/h3-11,21H,2,12-17H2,1H3,(H,24,28)(H,25,27)/p+1/t21-/m1/s1. The SMILES string of the molecule is CCOc1ccc(C(=O)NCC(=O)N[C@H](C[NH+]2CCOCC2)c2ccccc2)cc1. The van der Waals surface area contributed by atoms with E-state index in [9.17, 15) is 9.59 Å². The molecule has 2 amide bonds. The first-order chi connectivity index (χ1) is 14.7. The number of morpholine rings is 1. The molecule has 0 aromatic heterocycles. The van der Waals surface area contributed by atoms with Gasteiger partial charge in [-0.25, -0.2) is 0 Å². The fraction of sp³-hybridized carbons (Fsp3) is 0.391. The van der Waals surface area contributed by atoms with Crippen LogP contribution in [-0.4, -0.2) is 57.8 Å². The van der Waals surface area contributed by atoms with Gasteiger partial charge in [-0.1, -0.05) is 30.3 Å². The van der Waals surface area contributed by atoms with Crippen molar-refractivity contribution in [3.05, 3.63) is 65.7 Å². The summed E-state index contributed by atoms with van der Waals surface area (Å²) in [5, 5.41) is 5.77. The molecular formula is C23H30N3O4+. The second kappa shape index (κ2) is 11.3. The van der Waals surface area contributed by atoms with E-state index in [-0.39, 0.29) is 24.4 Å². The number of carbonyl (C=O) groups excluding carboxylic acids is 2. The first-order valence-electron chi connectivity index (χ1n) is 10.4. The fourth-order valence-electron chi connectivity index (χ4n) is 3.47. The molecule has 3 rings (SSSR count). The zero-order valence-corrected chi connectivity index (χ0v) is 17.4. The number of hydrogen-bond donors (Lipinski definition) is 3. The lowest BCUT2D eigenvalue weighted by atomic mass is 10.1. The third-order valence-electron chi connectivity index (χ3n) is 5.07. The van der Waals surface area contributed by atoms with Crippen LogP contribution in [0.2, 0.25) is 0 Å². The third-order valence-corrected chi connectivity index (χ3v) is 5.07. The maximum Gasteiger partial charge on any atom is 0.251 e. The fourth-order valence-corrected chi connectivity index (χ4v) is 3.47. The predicted molar refractivity (Wildman–Crippen MR) is 114 cm³/mol. The molecule has 7 heteroatoms. The minimum atomic E-state index is -0.289. The van der Waals surface area contributed by atoms with Gasteiger partial charge in [0.1, 0.15) is 31.4 Å². The molecule has 3 N–H and O–H groups in total. The summed E-state index contributed by atoms with van der Waals surface area (Å²) in [6, 6.07) is 16.7. The molecule has 0 aliphatic carbocycles. The van der Waals surface area contributed by atoms with Crippen LogP contribution in [0.4, 0.5) is 0 Å². The molecule has 1 aliphatic rings. The minimum Gasteiger partial charge on any atom is -0.494 e. The summed E-state index contributed by atoms with van der Waals surface area (Å²) in [6.07, 6.45) is 0. The molecule has 2 aromatic rings. The first kappa shape index (κ1) is 21.8. The predicted octanol–water partition coefficient (Wildman–Crippen LogP) is 0.588. The monoisotopic (exact) mass is 412 g/mol. The Morgan fingerprint density at radius 2 is 1.77 bits per heavy atom. The molecule has 30 heavy (non-hydrogen) atoms. The van der Waals surface area contributed by atoms with Gasteiger partial charge in [0, 0.05) is 5.56 Å². The highest BCUT2D eigenvalue weighted by atomic mass is 16.5. The van der Waals surface area contributed by atoms with Crippen LogP contribution >= 0.6 is 0 Å². The van der Waals surface area contributed by atoms with Crippen LogP contribution < -0.4 is 20.3 Å². The highest BCUT2D eigenvalue weighted by molar-refractivity contribution is 5.96. The van der Waals surface area contributed by atoms with Gasteiger partial charge in [-0.2, -0.15) is 0 Å². The smallest absolute Gasteiger partial charge is 0.251 e. The molecule has 2 aromatic carbocycles. The van der Waals surface area contributed by atoms with Gasteiger partial charge in [0.15, 0.2) is 0 Å². The molecule has 0 radical (unpaired) electrons. The van der Waals surface area contributed by atoms with Crippen LogP contribution in [0.15, 0.2) is 54.6 Å². The van der Waals surface area contributed by atoms with Crippen LogP contribution in [0.25, 0.3) is 0 Å². The molecule has 0 unspecified atom stereocenters. The number of ether oxygens (including phenoxy) is 2. The molecule has 7 nitrogen and oxygen atoms in total. The topological polar surface area (TPSA) is 81.1 Å². The van der Waals surface area contributed by atoms with E-state index < -0.39 is 0 Å². The van der Waals surface area contributed by atoms with E-state index in [0.717, 1.165) is 38.4 Å². The van der Waals surface area contributed by atoms with E-state index in [2.05, 4.69) is 10.6 Å². The summed E-state index contributed by atoms with van der Waals surface area (Å²) in [4.78, 5) is 26.3. The minimum absolute atomic E-state index is 0.0756. The maximum absolute atomic E-state index is 12.6. The first-order valence-corrected chi connectivity index (χ1v) is 10.4. The molecule has 0 spiro atoms. The zero-order chi connectivity index (χ0) is 21.2. The van der Waals surface area contributed by atoms with E-state index in [1.54, 1.807) is 24.3 Å². The molecule has 1 atom stereocenters. The molecule has 0 saturated carbocycles. The van der Waals surface area contributed by atoms with Crippen molar-refractivity contribution in [3.63, 3.8) is 0 Å². The van der Waals surface area contributed by atoms with Gasteiger partial charge in [-0.05, 0) is 36.8 Å². The van der Waals surface area contributed by atoms with Crippen LogP contribution in [0.3, 0.4) is 0 Å². The van der Waals surface area contributed by atoms with Crippen LogP contribution in [-0.2, 0) is 9.53 Å². The lowest BCUT2D eigenvalue weighted by Gasteiger charge is -2.28. The number of carbonyl (C=O) groups is 2. The van der Waals surface area contributed by atoms with Crippen molar-refractivity contribution in [3.8, 4) is 5.75 Å². The number of hydrogen-bond acceptors (Lipinski definition) is 4. The Labute approximate surface area is 177 Å². The average molecular weight is 413 g/mol. The summed E-state index contributed by atoms with van der Waals surface area (Å²) < 4.78 is 10.8. The molecule has 1 aliphatic heterocycles. The van der Waals surface area contributed by atoms with Gasteiger partial charge < -0.3 is 25.0 Å². The zero-order valence-electron chi connectivity index (χ0n) is 17.4. The van der Waals surface area contributed by atoms with Gasteiger partial charge in [-0.3, -0.25) is 9.59 Å². The van der Waals surface area contributed by atoms with E-state index in [0.29, 0.717) is 17.9 Å². The largest absolute Gasteiger partial charge is 0.494 e. The van der Waals surface area contributed by atoms with Crippen LogP contribution in [0.1, 0.15) is 28.9 Å². The Balaban J connectivity index is 1.55. The summed E-state index contributed by atoms with van der Waals surface area (Å²) in [7, 11) is 0. The van der Waals surface area contributed by atoms with Crippen molar-refractivity contribution in [1.29, 1.82) is 0 Å². The summed E-state index contributed by atoms with van der Waals surface area (Å²) >= 11 is 0. The highest BCUT2D eigenvalue weighted by Crippen LogP contribution is 2.12. The molecule has 1 heterocycles. The van der Waals surface area contributed by atoms with Gasteiger partial charge in [0.25, 0.3) is 5.91 Å². The lowest BCUT2D eigenvalue weighted by molar-refractivity contribution is -0.909. The van der Waals surface area contributed by atoms with E-state index >= 15 is 0 Å². The molecule has 1 saturated heterocycles. The molecule has 1 fully saturated rings. The van der Waals surface area contributed by atoms with Crippen molar-refractivity contribution in [2.24, 2.45) is 0 Å². The van der Waals surface area contributed by atoms with Crippen molar-refractivity contribution < 1.29 is 24.0 Å². The normalized spacial score (nSPS) is 15.2. The summed E-state index contributed by atoms with van der Waals surface area (Å²) in [5.74, 6) is 0.210. The van der Waals surface area contributed by atoms with Crippen molar-refractivity contribution in [2.75, 3.05) is 46.0 Å². The van der Waals surface area contributed by atoms with E-state index in [1.165, 1.54) is 4.90 Å². The Morgan fingerprint density at radius 3 is 2.43 bits per heavy atom. The Hall–Kier alpha value is -2.90. The van der Waals surface area contributed by atoms with Gasteiger partial charge in [0.05, 0.1) is 26.4 Å². The van der Waals surface area contributed by atoms with E-state index in [1.807, 2.05) is 37.3 Å². The Morgan fingerprint density at radius 1 is 1.07 bits per heavy atom. The Bertz CT molecular complexity index is 805. The van der Waals surface area contributed by atoms with Crippen LogP contribution in [0, 0.1) is 0 Å². The number of quaternary nitrogens is 1. The maximum atomic E-state index is 12.6. The van der Waals surface area contributed by atoms with Crippen molar-refractivity contribution in [1.82, 2.24) is 10.6 Å². The number of nitrogens with one attached hydrogen (secondary N) is 3. The average Bonchev–Trinajstić information content (AvgIpc) is 2.79. The van der Waals surface area contributed by atoms with Crippen molar-refractivity contribution in [2.45, 2.75) is 13.0 Å². The lowest BCUT2D eigenvalue weighted by Crippen LogP contribution is -3.14. The molecular weight excluding hydrogens is 382 g/mol.